The van der Waals surface area contributed by atoms with Crippen LogP contribution in [0.4, 0.5) is 5.69 Å². The molecule has 1 saturated heterocycles. The van der Waals surface area contributed by atoms with E-state index < -0.39 is 0 Å². The fourth-order valence-electron chi connectivity index (χ4n) is 2.47. The molecule has 1 fully saturated rings. The number of anilines is 1. The molecule has 110 valence electrons. The number of hydrogen-bond donors (Lipinski definition) is 2. The number of para-hydroxylation sites is 1. The summed E-state index contributed by atoms with van der Waals surface area (Å²) >= 11 is 12.0. The lowest BCUT2D eigenvalue weighted by atomic mass is 10.1. The van der Waals surface area contributed by atoms with Crippen molar-refractivity contribution in [3.8, 4) is 0 Å². The van der Waals surface area contributed by atoms with Crippen molar-refractivity contribution in [2.24, 2.45) is 5.92 Å². The first kappa shape index (κ1) is 15.6. The molecule has 1 heterocycles. The third-order valence-corrected chi connectivity index (χ3v) is 4.13. The topological polar surface area (TPSA) is 52.6 Å². The first-order chi connectivity index (χ1) is 9.60. The van der Waals surface area contributed by atoms with Crippen LogP contribution in [0.5, 0.6) is 0 Å². The second-order valence-corrected chi connectivity index (χ2v) is 5.86. The number of halogens is 2. The molecule has 1 unspecified atom stereocenters. The highest BCUT2D eigenvalue weighted by atomic mass is 35.5. The molecule has 0 radical (unpaired) electrons. The van der Waals surface area contributed by atoms with Gasteiger partial charge in [-0.15, -0.1) is 0 Å². The number of nitrogens with zero attached hydrogens (tertiary/aromatic N) is 1. The summed E-state index contributed by atoms with van der Waals surface area (Å²) in [5.74, 6) is 0.362. The van der Waals surface area contributed by atoms with Gasteiger partial charge in [-0.05, 0) is 37.4 Å². The van der Waals surface area contributed by atoms with Crippen LogP contribution in [0.1, 0.15) is 12.8 Å². The van der Waals surface area contributed by atoms with E-state index in [2.05, 4.69) is 10.2 Å². The first-order valence-corrected chi connectivity index (χ1v) is 7.43. The van der Waals surface area contributed by atoms with E-state index in [1.165, 1.54) is 0 Å². The number of likely N-dealkylation sites (tertiary alicyclic amines) is 1. The molecule has 0 spiro atoms. The Morgan fingerprint density at radius 3 is 2.75 bits per heavy atom. The Kier molecular flexibility index (Phi) is 5.66. The number of benzene rings is 1. The maximum absolute atomic E-state index is 12.0. The highest BCUT2D eigenvalue weighted by Crippen LogP contribution is 2.29. The fourth-order valence-corrected chi connectivity index (χ4v) is 2.97. The molecule has 1 aliphatic rings. The van der Waals surface area contributed by atoms with Gasteiger partial charge in [0.2, 0.25) is 5.91 Å². The van der Waals surface area contributed by atoms with Crippen molar-refractivity contribution in [3.63, 3.8) is 0 Å². The Labute approximate surface area is 128 Å². The van der Waals surface area contributed by atoms with Crippen LogP contribution >= 0.6 is 23.2 Å². The molecule has 1 aliphatic heterocycles. The standard InChI is InChI=1S/C14H18Cl2N2O2/c15-11-2-1-3-12(16)14(11)17-13(20)9-18-6-4-10(8-18)5-7-19/h1-3,10,19H,4-9H2,(H,17,20). The van der Waals surface area contributed by atoms with Crippen molar-refractivity contribution in [1.82, 2.24) is 4.90 Å². The van der Waals surface area contributed by atoms with Gasteiger partial charge in [-0.2, -0.15) is 0 Å². The summed E-state index contributed by atoms with van der Waals surface area (Å²) in [6.07, 6.45) is 1.83. The number of nitrogens with one attached hydrogen (secondary N) is 1. The Balaban J connectivity index is 1.87. The van der Waals surface area contributed by atoms with E-state index in [-0.39, 0.29) is 12.5 Å². The van der Waals surface area contributed by atoms with E-state index in [4.69, 9.17) is 28.3 Å². The maximum atomic E-state index is 12.0. The zero-order valence-electron chi connectivity index (χ0n) is 11.1. The minimum atomic E-state index is -0.121. The van der Waals surface area contributed by atoms with Crippen molar-refractivity contribution in [2.75, 3.05) is 31.6 Å². The van der Waals surface area contributed by atoms with Gasteiger partial charge in [0.25, 0.3) is 0 Å². The average Bonchev–Trinajstić information content (AvgIpc) is 2.82. The lowest BCUT2D eigenvalue weighted by Gasteiger charge is -2.16. The lowest BCUT2D eigenvalue weighted by Crippen LogP contribution is -2.31. The second kappa shape index (κ2) is 7.27. The molecular formula is C14H18Cl2N2O2. The molecule has 2 N–H and O–H groups in total. The largest absolute Gasteiger partial charge is 0.396 e. The van der Waals surface area contributed by atoms with Gasteiger partial charge in [0.05, 0.1) is 22.3 Å². The Hall–Kier alpha value is -0.810. The summed E-state index contributed by atoms with van der Waals surface area (Å²) < 4.78 is 0. The molecule has 4 nitrogen and oxygen atoms in total. The molecule has 0 aliphatic carbocycles. The highest BCUT2D eigenvalue weighted by Gasteiger charge is 2.23. The first-order valence-electron chi connectivity index (χ1n) is 6.67. The molecule has 1 aromatic rings. The van der Waals surface area contributed by atoms with Crippen LogP contribution in [-0.2, 0) is 4.79 Å². The van der Waals surface area contributed by atoms with Crippen LogP contribution in [0.2, 0.25) is 10.0 Å². The molecule has 0 aromatic heterocycles. The van der Waals surface area contributed by atoms with Crippen LogP contribution in [0.25, 0.3) is 0 Å². The summed E-state index contributed by atoms with van der Waals surface area (Å²) in [5, 5.41) is 12.6. The van der Waals surface area contributed by atoms with Crippen LogP contribution < -0.4 is 5.32 Å². The molecule has 2 rings (SSSR count). The van der Waals surface area contributed by atoms with Gasteiger partial charge < -0.3 is 10.4 Å². The lowest BCUT2D eigenvalue weighted by molar-refractivity contribution is -0.117. The highest BCUT2D eigenvalue weighted by molar-refractivity contribution is 6.39. The van der Waals surface area contributed by atoms with Crippen molar-refractivity contribution >= 4 is 34.8 Å². The van der Waals surface area contributed by atoms with Gasteiger partial charge in [0.15, 0.2) is 0 Å². The molecule has 1 atom stereocenters. The minimum Gasteiger partial charge on any atom is -0.396 e. The quantitative estimate of drug-likeness (QED) is 0.878. The predicted octanol–water partition coefficient (Wildman–Crippen LogP) is 2.64. The molecule has 0 saturated carbocycles. The molecule has 20 heavy (non-hydrogen) atoms. The summed E-state index contributed by atoms with van der Waals surface area (Å²) in [7, 11) is 0. The second-order valence-electron chi connectivity index (χ2n) is 5.05. The molecule has 0 bridgehead atoms. The number of aliphatic hydroxyl groups is 1. The van der Waals surface area contributed by atoms with Gasteiger partial charge >= 0.3 is 0 Å². The van der Waals surface area contributed by atoms with E-state index in [1.54, 1.807) is 18.2 Å². The fraction of sp³-hybridized carbons (Fsp3) is 0.500. The zero-order valence-corrected chi connectivity index (χ0v) is 12.6. The molecular weight excluding hydrogens is 299 g/mol. The van der Waals surface area contributed by atoms with Crippen molar-refractivity contribution in [2.45, 2.75) is 12.8 Å². The smallest absolute Gasteiger partial charge is 0.238 e. The normalized spacial score (nSPS) is 19.2. The van der Waals surface area contributed by atoms with Crippen LogP contribution in [0, 0.1) is 5.92 Å². The predicted molar refractivity (Wildman–Crippen MR) is 81.3 cm³/mol. The summed E-state index contributed by atoms with van der Waals surface area (Å²) in [5.41, 5.74) is 0.465. The Morgan fingerprint density at radius 2 is 2.10 bits per heavy atom. The SMILES string of the molecule is O=C(CN1CCC(CCO)C1)Nc1c(Cl)cccc1Cl. The summed E-state index contributed by atoms with van der Waals surface area (Å²) in [6, 6.07) is 5.12. The summed E-state index contributed by atoms with van der Waals surface area (Å²) in [4.78, 5) is 14.1. The van der Waals surface area contributed by atoms with E-state index in [9.17, 15) is 4.79 Å². The Morgan fingerprint density at radius 1 is 1.40 bits per heavy atom. The average molecular weight is 317 g/mol. The van der Waals surface area contributed by atoms with Gasteiger partial charge in [0, 0.05) is 13.2 Å². The van der Waals surface area contributed by atoms with Crippen LogP contribution in [-0.4, -0.2) is 42.2 Å². The summed E-state index contributed by atoms with van der Waals surface area (Å²) in [6.45, 7) is 2.27. The molecule has 1 aromatic carbocycles. The molecule has 6 heteroatoms. The van der Waals surface area contributed by atoms with E-state index >= 15 is 0 Å². The zero-order chi connectivity index (χ0) is 14.5. The van der Waals surface area contributed by atoms with E-state index in [0.717, 1.165) is 25.9 Å². The number of carbonyl (C=O) groups excluding carboxylic acids is 1. The van der Waals surface area contributed by atoms with Crippen molar-refractivity contribution in [1.29, 1.82) is 0 Å². The number of rotatable bonds is 5. The van der Waals surface area contributed by atoms with E-state index in [0.29, 0.717) is 28.2 Å². The number of aliphatic hydroxyl groups excluding tert-OH is 1. The third kappa shape index (κ3) is 4.09. The van der Waals surface area contributed by atoms with Crippen molar-refractivity contribution in [3.05, 3.63) is 28.2 Å². The number of carbonyl (C=O) groups is 1. The maximum Gasteiger partial charge on any atom is 0.238 e. The van der Waals surface area contributed by atoms with E-state index in [1.807, 2.05) is 0 Å². The van der Waals surface area contributed by atoms with Gasteiger partial charge in [-0.1, -0.05) is 29.3 Å². The van der Waals surface area contributed by atoms with Crippen LogP contribution in [0.15, 0.2) is 18.2 Å². The number of amides is 1. The third-order valence-electron chi connectivity index (χ3n) is 3.50. The van der Waals surface area contributed by atoms with Crippen LogP contribution in [0.3, 0.4) is 0 Å². The van der Waals surface area contributed by atoms with Gasteiger partial charge in [0.1, 0.15) is 0 Å². The molecule has 1 amide bonds. The monoisotopic (exact) mass is 316 g/mol. The van der Waals surface area contributed by atoms with Gasteiger partial charge in [-0.25, -0.2) is 0 Å². The Bertz CT molecular complexity index is 462. The minimum absolute atomic E-state index is 0.121. The number of hydrogen-bond acceptors (Lipinski definition) is 3. The van der Waals surface area contributed by atoms with Gasteiger partial charge in [-0.3, -0.25) is 9.69 Å². The van der Waals surface area contributed by atoms with Crippen molar-refractivity contribution < 1.29 is 9.90 Å².